The Morgan fingerprint density at radius 1 is 1.00 bits per heavy atom. The minimum Gasteiger partial charge on any atom is -0.284 e. The van der Waals surface area contributed by atoms with Crippen molar-refractivity contribution in [1.29, 1.82) is 0 Å². The summed E-state index contributed by atoms with van der Waals surface area (Å²) in [6.45, 7) is 5.53. The number of rotatable bonds is 10. The highest BCUT2D eigenvalue weighted by Gasteiger charge is 2.29. The van der Waals surface area contributed by atoms with Gasteiger partial charge in [-0.1, -0.05) is 69.6 Å². The first-order valence-corrected chi connectivity index (χ1v) is 11.3. The van der Waals surface area contributed by atoms with Crippen LogP contribution >= 0.6 is 0 Å². The Bertz CT molecular complexity index is 643. The molecule has 0 aromatic heterocycles. The summed E-state index contributed by atoms with van der Waals surface area (Å²) in [6.07, 6.45) is 9.32. The van der Waals surface area contributed by atoms with Crippen LogP contribution in [0.2, 0.25) is 0 Å². The predicted molar refractivity (Wildman–Crippen MR) is 106 cm³/mol. The molecule has 0 bridgehead atoms. The molecule has 2 rings (SSSR count). The van der Waals surface area contributed by atoms with Crippen LogP contribution in [-0.4, -0.2) is 32.8 Å². The Kier molecular flexibility index (Phi) is 7.76. The molecule has 1 aliphatic rings. The van der Waals surface area contributed by atoms with Crippen molar-refractivity contribution in [3.8, 4) is 0 Å². The van der Waals surface area contributed by atoms with Crippen molar-refractivity contribution in [3.05, 3.63) is 29.3 Å². The Labute approximate surface area is 154 Å². The van der Waals surface area contributed by atoms with Gasteiger partial charge < -0.3 is 0 Å². The molecule has 0 spiro atoms. The number of anilines is 1. The maximum atomic E-state index is 12.9. The molecule has 0 saturated carbocycles. The maximum absolute atomic E-state index is 12.9. The number of fused-ring (bicyclic) bond motifs is 1. The first-order valence-electron chi connectivity index (χ1n) is 9.72. The van der Waals surface area contributed by atoms with Gasteiger partial charge in [0.25, 0.3) is 0 Å². The van der Waals surface area contributed by atoms with Gasteiger partial charge in [0.2, 0.25) is 10.0 Å². The lowest BCUT2D eigenvalue weighted by Crippen LogP contribution is -2.44. The Hall–Kier alpha value is -1.07. The summed E-state index contributed by atoms with van der Waals surface area (Å²) in [5.41, 5.74) is 3.14. The maximum Gasteiger partial charge on any atom is 0.236 e. The van der Waals surface area contributed by atoms with Crippen LogP contribution in [0.3, 0.4) is 0 Å². The lowest BCUT2D eigenvalue weighted by Gasteiger charge is -2.36. The monoisotopic (exact) mass is 366 g/mol. The molecule has 1 aliphatic heterocycles. The van der Waals surface area contributed by atoms with Crippen molar-refractivity contribution >= 4 is 15.7 Å². The average Bonchev–Trinajstić information content (AvgIpc) is 2.56. The zero-order valence-corrected chi connectivity index (χ0v) is 16.9. The molecule has 0 saturated heterocycles. The molecule has 0 amide bonds. The smallest absolute Gasteiger partial charge is 0.236 e. The fourth-order valence-corrected chi connectivity index (χ4v) is 5.13. The average molecular weight is 367 g/mol. The van der Waals surface area contributed by atoms with Crippen LogP contribution in [0.4, 0.5) is 5.69 Å². The molecule has 4 nitrogen and oxygen atoms in total. The molecule has 25 heavy (non-hydrogen) atoms. The van der Waals surface area contributed by atoms with Crippen molar-refractivity contribution in [2.45, 2.75) is 71.8 Å². The van der Waals surface area contributed by atoms with Crippen LogP contribution in [0.25, 0.3) is 0 Å². The number of sulfonamides is 1. The van der Waals surface area contributed by atoms with E-state index in [1.807, 2.05) is 26.1 Å². The number of aryl methyl sites for hydroxylation is 1. The lowest BCUT2D eigenvalue weighted by molar-refractivity contribution is 0.325. The third-order valence-corrected chi connectivity index (χ3v) is 6.69. The molecular weight excluding hydrogens is 332 g/mol. The largest absolute Gasteiger partial charge is 0.284 e. The summed E-state index contributed by atoms with van der Waals surface area (Å²) in [4.78, 5) is 2.06. The zero-order chi connectivity index (χ0) is 18.3. The standard InChI is InChI=1S/C20H34N2O2S/c1-4-5-6-7-8-9-10-11-14-25(23,24)22-17-21(3)16-19-15-18(2)12-13-20(19)22/h12-13,15H,4-11,14,16-17H2,1-3H3. The van der Waals surface area contributed by atoms with E-state index in [1.54, 1.807) is 4.31 Å². The van der Waals surface area contributed by atoms with E-state index in [2.05, 4.69) is 17.9 Å². The van der Waals surface area contributed by atoms with E-state index in [4.69, 9.17) is 0 Å². The van der Waals surface area contributed by atoms with E-state index >= 15 is 0 Å². The van der Waals surface area contributed by atoms with Gasteiger partial charge in [0.15, 0.2) is 0 Å². The molecule has 1 aromatic carbocycles. The molecule has 1 heterocycles. The highest BCUT2D eigenvalue weighted by molar-refractivity contribution is 7.92. The van der Waals surface area contributed by atoms with Crippen molar-refractivity contribution < 1.29 is 8.42 Å². The van der Waals surface area contributed by atoms with Crippen LogP contribution in [0.15, 0.2) is 18.2 Å². The van der Waals surface area contributed by atoms with Gasteiger partial charge in [-0.2, -0.15) is 0 Å². The fourth-order valence-electron chi connectivity index (χ4n) is 3.49. The van der Waals surface area contributed by atoms with Crippen LogP contribution in [-0.2, 0) is 16.6 Å². The van der Waals surface area contributed by atoms with Gasteiger partial charge in [-0.3, -0.25) is 9.21 Å². The quantitative estimate of drug-likeness (QED) is 0.565. The van der Waals surface area contributed by atoms with E-state index < -0.39 is 10.0 Å². The minimum atomic E-state index is -3.25. The first-order chi connectivity index (χ1) is 11.9. The second-order valence-electron chi connectivity index (χ2n) is 7.43. The molecular formula is C20H34N2O2S. The molecule has 0 atom stereocenters. The van der Waals surface area contributed by atoms with E-state index in [9.17, 15) is 8.42 Å². The van der Waals surface area contributed by atoms with E-state index in [1.165, 1.54) is 37.7 Å². The van der Waals surface area contributed by atoms with Crippen molar-refractivity contribution in [2.24, 2.45) is 0 Å². The summed E-state index contributed by atoms with van der Waals surface area (Å²) in [6, 6.07) is 6.07. The zero-order valence-electron chi connectivity index (χ0n) is 16.1. The topological polar surface area (TPSA) is 40.6 Å². The molecule has 1 aromatic rings. The van der Waals surface area contributed by atoms with Gasteiger partial charge in [0, 0.05) is 6.54 Å². The Morgan fingerprint density at radius 2 is 1.64 bits per heavy atom. The van der Waals surface area contributed by atoms with Gasteiger partial charge in [-0.25, -0.2) is 8.42 Å². The third kappa shape index (κ3) is 6.00. The number of hydrogen-bond donors (Lipinski definition) is 0. The van der Waals surface area contributed by atoms with Crippen LogP contribution < -0.4 is 4.31 Å². The molecule has 0 radical (unpaired) electrons. The molecule has 0 fully saturated rings. The predicted octanol–water partition coefficient (Wildman–Crippen LogP) is 4.67. The second kappa shape index (κ2) is 9.58. The fraction of sp³-hybridized carbons (Fsp3) is 0.700. The number of unbranched alkanes of at least 4 members (excludes halogenated alkanes) is 7. The molecule has 142 valence electrons. The summed E-state index contributed by atoms with van der Waals surface area (Å²) >= 11 is 0. The van der Waals surface area contributed by atoms with Crippen molar-refractivity contribution in [3.63, 3.8) is 0 Å². The lowest BCUT2D eigenvalue weighted by atomic mass is 10.1. The normalized spacial score (nSPS) is 15.4. The molecule has 0 unspecified atom stereocenters. The molecule has 0 aliphatic carbocycles. The van der Waals surface area contributed by atoms with Gasteiger partial charge in [-0.05, 0) is 32.0 Å². The number of hydrogen-bond acceptors (Lipinski definition) is 3. The van der Waals surface area contributed by atoms with E-state index in [-0.39, 0.29) is 5.75 Å². The van der Waals surface area contributed by atoms with Gasteiger partial charge in [0.05, 0.1) is 18.1 Å². The highest BCUT2D eigenvalue weighted by atomic mass is 32.2. The highest BCUT2D eigenvalue weighted by Crippen LogP contribution is 2.30. The van der Waals surface area contributed by atoms with Crippen LogP contribution in [0, 0.1) is 6.92 Å². The number of nitrogens with zero attached hydrogens (tertiary/aromatic N) is 2. The Morgan fingerprint density at radius 3 is 2.32 bits per heavy atom. The van der Waals surface area contributed by atoms with Crippen LogP contribution in [0.1, 0.15) is 69.4 Å². The van der Waals surface area contributed by atoms with Gasteiger partial charge >= 0.3 is 0 Å². The van der Waals surface area contributed by atoms with Crippen molar-refractivity contribution in [2.75, 3.05) is 23.8 Å². The first kappa shape index (κ1) is 20.2. The molecule has 0 N–H and O–H groups in total. The number of benzene rings is 1. The SMILES string of the molecule is CCCCCCCCCCS(=O)(=O)N1CN(C)Cc2cc(C)ccc21. The summed E-state index contributed by atoms with van der Waals surface area (Å²) in [5.74, 6) is 0.253. The summed E-state index contributed by atoms with van der Waals surface area (Å²) in [5, 5.41) is 0. The van der Waals surface area contributed by atoms with E-state index in [0.29, 0.717) is 6.67 Å². The molecule has 5 heteroatoms. The summed E-state index contributed by atoms with van der Waals surface area (Å²) in [7, 11) is -1.28. The van der Waals surface area contributed by atoms with E-state index in [0.717, 1.165) is 37.1 Å². The van der Waals surface area contributed by atoms with Gasteiger partial charge in [-0.15, -0.1) is 0 Å². The third-order valence-electron chi connectivity index (χ3n) is 4.91. The van der Waals surface area contributed by atoms with Crippen LogP contribution in [0.5, 0.6) is 0 Å². The second-order valence-corrected chi connectivity index (χ2v) is 9.44. The van der Waals surface area contributed by atoms with Crippen molar-refractivity contribution in [1.82, 2.24) is 4.90 Å². The van der Waals surface area contributed by atoms with Gasteiger partial charge in [0.1, 0.15) is 0 Å². The minimum absolute atomic E-state index is 0.253. The Balaban J connectivity index is 1.87. The summed E-state index contributed by atoms with van der Waals surface area (Å²) < 4.78 is 27.3.